The van der Waals surface area contributed by atoms with Gasteiger partial charge in [0.25, 0.3) is 0 Å². The van der Waals surface area contributed by atoms with Gasteiger partial charge in [-0.05, 0) is 31.5 Å². The number of benzene rings is 1. The van der Waals surface area contributed by atoms with Gasteiger partial charge in [0.15, 0.2) is 0 Å². The van der Waals surface area contributed by atoms with E-state index in [1.165, 1.54) is 0 Å². The van der Waals surface area contributed by atoms with E-state index >= 15 is 0 Å². The summed E-state index contributed by atoms with van der Waals surface area (Å²) >= 11 is 5.94. The van der Waals surface area contributed by atoms with Crippen LogP contribution < -0.4 is 10.1 Å². The van der Waals surface area contributed by atoms with Gasteiger partial charge in [-0.2, -0.15) is 0 Å². The molecule has 2 N–H and O–H groups in total. The van der Waals surface area contributed by atoms with Crippen LogP contribution in [0.15, 0.2) is 18.2 Å². The first kappa shape index (κ1) is 14.3. The van der Waals surface area contributed by atoms with E-state index in [1.54, 1.807) is 13.2 Å². The molecule has 1 rings (SSSR count). The molecule has 1 atom stereocenters. The largest absolute Gasteiger partial charge is 0.496 e. The molecule has 0 fully saturated rings. The smallest absolute Gasteiger partial charge is 0.123 e. The highest BCUT2D eigenvalue weighted by atomic mass is 35.5. The van der Waals surface area contributed by atoms with E-state index in [2.05, 4.69) is 5.32 Å². The quantitative estimate of drug-likeness (QED) is 0.823. The van der Waals surface area contributed by atoms with E-state index in [9.17, 15) is 5.11 Å². The van der Waals surface area contributed by atoms with Crippen LogP contribution in [0.3, 0.4) is 0 Å². The van der Waals surface area contributed by atoms with Gasteiger partial charge in [-0.1, -0.05) is 18.5 Å². The van der Waals surface area contributed by atoms with Crippen molar-refractivity contribution in [3.8, 4) is 5.75 Å². The molecule has 0 amide bonds. The van der Waals surface area contributed by atoms with Crippen LogP contribution in [0, 0.1) is 0 Å². The average Bonchev–Trinajstić information content (AvgIpc) is 2.29. The van der Waals surface area contributed by atoms with Gasteiger partial charge in [-0.3, -0.25) is 0 Å². The van der Waals surface area contributed by atoms with Crippen LogP contribution in [0.1, 0.15) is 25.8 Å². The predicted molar refractivity (Wildman–Crippen MR) is 70.6 cm³/mol. The maximum absolute atomic E-state index is 9.86. The Kier molecular flexibility index (Phi) is 5.25. The van der Waals surface area contributed by atoms with Crippen molar-refractivity contribution in [3.05, 3.63) is 28.8 Å². The number of halogens is 1. The van der Waals surface area contributed by atoms with Crippen molar-refractivity contribution < 1.29 is 9.84 Å². The summed E-state index contributed by atoms with van der Waals surface area (Å²) in [5, 5.41) is 13.8. The predicted octanol–water partition coefficient (Wildman–Crippen LogP) is 2.60. The zero-order chi connectivity index (χ0) is 12.9. The lowest BCUT2D eigenvalue weighted by Gasteiger charge is -2.22. The molecule has 1 unspecified atom stereocenters. The minimum atomic E-state index is -0.675. The number of hydrogen-bond donors (Lipinski definition) is 2. The van der Waals surface area contributed by atoms with Gasteiger partial charge in [0.1, 0.15) is 5.75 Å². The maximum Gasteiger partial charge on any atom is 0.123 e. The van der Waals surface area contributed by atoms with Gasteiger partial charge >= 0.3 is 0 Å². The first-order valence-electron chi connectivity index (χ1n) is 5.74. The average molecular weight is 258 g/mol. The number of aliphatic hydroxyl groups is 1. The monoisotopic (exact) mass is 257 g/mol. The summed E-state index contributed by atoms with van der Waals surface area (Å²) in [6, 6.07) is 5.51. The number of methoxy groups -OCH3 is 1. The standard InChI is InChI=1S/C13H20ClNO2/c1-4-13(2,16)9-15-8-10-7-11(14)5-6-12(10)17-3/h5-7,15-16H,4,8-9H2,1-3H3. The van der Waals surface area contributed by atoms with Crippen LogP contribution >= 0.6 is 11.6 Å². The fourth-order valence-electron chi connectivity index (χ4n) is 1.48. The molecule has 0 saturated carbocycles. The third-order valence-corrected chi connectivity index (χ3v) is 3.06. The molecule has 96 valence electrons. The van der Waals surface area contributed by atoms with Gasteiger partial charge in [0.2, 0.25) is 0 Å². The van der Waals surface area contributed by atoms with Crippen LogP contribution in [0.25, 0.3) is 0 Å². The zero-order valence-corrected chi connectivity index (χ0v) is 11.3. The SMILES string of the molecule is CCC(C)(O)CNCc1cc(Cl)ccc1OC. The van der Waals surface area contributed by atoms with Crippen LogP contribution in [-0.4, -0.2) is 24.4 Å². The van der Waals surface area contributed by atoms with Crippen molar-refractivity contribution in [1.82, 2.24) is 5.32 Å². The van der Waals surface area contributed by atoms with E-state index in [0.29, 0.717) is 24.5 Å². The Morgan fingerprint density at radius 3 is 2.76 bits per heavy atom. The summed E-state index contributed by atoms with van der Waals surface area (Å²) in [4.78, 5) is 0. The Labute approximate surface area is 108 Å². The molecule has 17 heavy (non-hydrogen) atoms. The first-order valence-corrected chi connectivity index (χ1v) is 6.12. The van der Waals surface area contributed by atoms with E-state index in [1.807, 2.05) is 26.0 Å². The number of ether oxygens (including phenoxy) is 1. The summed E-state index contributed by atoms with van der Waals surface area (Å²) in [5.41, 5.74) is 0.318. The Hall–Kier alpha value is -0.770. The highest BCUT2D eigenvalue weighted by molar-refractivity contribution is 6.30. The Morgan fingerprint density at radius 1 is 1.47 bits per heavy atom. The normalized spacial score (nSPS) is 14.4. The van der Waals surface area contributed by atoms with Gasteiger partial charge in [0.05, 0.1) is 12.7 Å². The fourth-order valence-corrected chi connectivity index (χ4v) is 1.67. The summed E-state index contributed by atoms with van der Waals surface area (Å²) in [5.74, 6) is 0.804. The molecule has 0 aliphatic rings. The lowest BCUT2D eigenvalue weighted by Crippen LogP contribution is -2.36. The molecular formula is C13H20ClNO2. The van der Waals surface area contributed by atoms with Crippen LogP contribution in [0.2, 0.25) is 5.02 Å². The van der Waals surface area contributed by atoms with Gasteiger partial charge in [-0.15, -0.1) is 0 Å². The molecule has 0 saturated heterocycles. The van der Waals surface area contributed by atoms with Gasteiger partial charge < -0.3 is 15.2 Å². The summed E-state index contributed by atoms with van der Waals surface area (Å²) in [7, 11) is 1.63. The second-order valence-corrected chi connectivity index (χ2v) is 4.85. The highest BCUT2D eigenvalue weighted by Gasteiger charge is 2.16. The molecule has 0 heterocycles. The highest BCUT2D eigenvalue weighted by Crippen LogP contribution is 2.22. The molecule has 4 heteroatoms. The lowest BCUT2D eigenvalue weighted by atomic mass is 10.0. The topological polar surface area (TPSA) is 41.5 Å². The minimum Gasteiger partial charge on any atom is -0.496 e. The van der Waals surface area contributed by atoms with E-state index < -0.39 is 5.60 Å². The summed E-state index contributed by atoms with van der Waals surface area (Å²) in [6.07, 6.45) is 0.715. The zero-order valence-electron chi connectivity index (χ0n) is 10.6. The summed E-state index contributed by atoms with van der Waals surface area (Å²) in [6.45, 7) is 4.94. The van der Waals surface area contributed by atoms with Crippen LogP contribution in [0.5, 0.6) is 5.75 Å². The summed E-state index contributed by atoms with van der Waals surface area (Å²) < 4.78 is 5.25. The maximum atomic E-state index is 9.86. The van der Waals surface area contributed by atoms with Crippen molar-refractivity contribution in [1.29, 1.82) is 0 Å². The number of nitrogens with one attached hydrogen (secondary N) is 1. The van der Waals surface area contributed by atoms with E-state index in [4.69, 9.17) is 16.3 Å². The number of rotatable bonds is 6. The first-order chi connectivity index (χ1) is 7.98. The van der Waals surface area contributed by atoms with Crippen molar-refractivity contribution >= 4 is 11.6 Å². The molecule has 0 spiro atoms. The molecule has 3 nitrogen and oxygen atoms in total. The lowest BCUT2D eigenvalue weighted by molar-refractivity contribution is 0.0555. The Bertz CT molecular complexity index is 366. The minimum absolute atomic E-state index is 0.541. The Morgan fingerprint density at radius 2 is 2.18 bits per heavy atom. The van der Waals surface area contributed by atoms with Crippen molar-refractivity contribution in [2.24, 2.45) is 0 Å². The molecule has 0 radical (unpaired) electrons. The van der Waals surface area contributed by atoms with Crippen molar-refractivity contribution in [3.63, 3.8) is 0 Å². The van der Waals surface area contributed by atoms with E-state index in [0.717, 1.165) is 11.3 Å². The van der Waals surface area contributed by atoms with Crippen molar-refractivity contribution in [2.45, 2.75) is 32.4 Å². The van der Waals surface area contributed by atoms with Gasteiger partial charge in [0, 0.05) is 23.7 Å². The molecule has 0 bridgehead atoms. The Balaban J connectivity index is 2.59. The second kappa shape index (κ2) is 6.24. The molecule has 0 aliphatic carbocycles. The number of hydrogen-bond acceptors (Lipinski definition) is 3. The molecule has 1 aromatic carbocycles. The van der Waals surface area contributed by atoms with Crippen LogP contribution in [0.4, 0.5) is 0 Å². The molecular weight excluding hydrogens is 238 g/mol. The van der Waals surface area contributed by atoms with Gasteiger partial charge in [-0.25, -0.2) is 0 Å². The molecule has 0 aromatic heterocycles. The van der Waals surface area contributed by atoms with Crippen LogP contribution in [-0.2, 0) is 6.54 Å². The van der Waals surface area contributed by atoms with E-state index in [-0.39, 0.29) is 0 Å². The fraction of sp³-hybridized carbons (Fsp3) is 0.538. The molecule has 0 aliphatic heterocycles. The third-order valence-electron chi connectivity index (χ3n) is 2.83. The second-order valence-electron chi connectivity index (χ2n) is 4.41. The van der Waals surface area contributed by atoms with Crippen molar-refractivity contribution in [2.75, 3.05) is 13.7 Å². The molecule has 1 aromatic rings. The third kappa shape index (κ3) is 4.54.